The van der Waals surface area contributed by atoms with Crippen LogP contribution in [0.5, 0.6) is 0 Å². The Hall–Kier alpha value is -1.37. The van der Waals surface area contributed by atoms with Crippen LogP contribution in [0.1, 0.15) is 88.4 Å². The highest BCUT2D eigenvalue weighted by molar-refractivity contribution is 5.29. The van der Waals surface area contributed by atoms with Gasteiger partial charge in [-0.1, -0.05) is 63.8 Å². The monoisotopic (exact) mass is 357 g/mol. The molecular formula is C23H35NO2. The molecule has 1 saturated carbocycles. The largest absolute Gasteiger partial charge is 0.388 e. The zero-order valence-electron chi connectivity index (χ0n) is 16.5. The number of benzene rings is 1. The second-order valence-electron chi connectivity index (χ2n) is 7.65. The Morgan fingerprint density at radius 3 is 2.50 bits per heavy atom. The minimum Gasteiger partial charge on any atom is -0.388 e. The second kappa shape index (κ2) is 11.4. The number of unbranched alkanes of at least 4 members (excludes halogenated alkanes) is 3. The van der Waals surface area contributed by atoms with Gasteiger partial charge in [-0.2, -0.15) is 0 Å². The fourth-order valence-electron chi connectivity index (χ4n) is 4.03. The molecule has 1 fully saturated rings. The second-order valence-corrected chi connectivity index (χ2v) is 7.65. The van der Waals surface area contributed by atoms with Crippen molar-refractivity contribution in [2.24, 2.45) is 5.92 Å². The van der Waals surface area contributed by atoms with Gasteiger partial charge in [-0.05, 0) is 36.3 Å². The van der Waals surface area contributed by atoms with Gasteiger partial charge in [-0.15, -0.1) is 0 Å². The van der Waals surface area contributed by atoms with Crippen molar-refractivity contribution in [1.82, 2.24) is 0 Å². The first-order chi connectivity index (χ1) is 12.7. The highest BCUT2D eigenvalue weighted by Crippen LogP contribution is 2.42. The van der Waals surface area contributed by atoms with E-state index in [4.69, 9.17) is 11.3 Å². The molecule has 144 valence electrons. The van der Waals surface area contributed by atoms with Crippen molar-refractivity contribution < 1.29 is 9.84 Å². The van der Waals surface area contributed by atoms with Crippen molar-refractivity contribution in [3.05, 3.63) is 46.8 Å². The maximum Gasteiger partial charge on any atom is 0.229 e. The summed E-state index contributed by atoms with van der Waals surface area (Å²) in [6, 6.07) is 8.56. The Balaban J connectivity index is 1.98. The minimum atomic E-state index is -0.358. The molecule has 4 unspecified atom stereocenters. The molecule has 3 heteroatoms. The number of hydrogen-bond acceptors (Lipinski definition) is 2. The van der Waals surface area contributed by atoms with E-state index in [-0.39, 0.29) is 12.1 Å². The quantitative estimate of drug-likeness (QED) is 0.395. The Morgan fingerprint density at radius 2 is 1.85 bits per heavy atom. The summed E-state index contributed by atoms with van der Waals surface area (Å²) in [6.45, 7) is 13.3. The molecular weight excluding hydrogens is 322 g/mol. The van der Waals surface area contributed by atoms with Crippen molar-refractivity contribution in [2.75, 3.05) is 13.2 Å². The Bertz CT molecular complexity index is 548. The standard InChI is InChI=1S/C23H35NO2/c1-4-6-8-9-23(25)19-12-10-18(11-13-19)20-14-15-22(24-3)21(20)17-26-16-7-5-2/h10-13,20-23,25H,4-9,14-17H2,1-2H3. The normalized spacial score (nSPS) is 23.7. The Labute approximate surface area is 159 Å². The van der Waals surface area contributed by atoms with Crippen molar-refractivity contribution in [1.29, 1.82) is 0 Å². The van der Waals surface area contributed by atoms with E-state index >= 15 is 0 Å². The molecule has 0 aliphatic heterocycles. The first-order valence-electron chi connectivity index (χ1n) is 10.4. The van der Waals surface area contributed by atoms with Gasteiger partial charge in [0.1, 0.15) is 0 Å². The third-order valence-electron chi connectivity index (χ3n) is 5.73. The Kier molecular flexibility index (Phi) is 9.15. The summed E-state index contributed by atoms with van der Waals surface area (Å²) in [5, 5.41) is 10.3. The van der Waals surface area contributed by atoms with Gasteiger partial charge in [0, 0.05) is 13.0 Å². The predicted molar refractivity (Wildman–Crippen MR) is 107 cm³/mol. The maximum absolute atomic E-state index is 10.3. The number of aliphatic hydroxyl groups excluding tert-OH is 1. The summed E-state index contributed by atoms with van der Waals surface area (Å²) in [6.07, 6.45) is 8.17. The topological polar surface area (TPSA) is 33.8 Å². The summed E-state index contributed by atoms with van der Waals surface area (Å²) < 4.78 is 5.88. The van der Waals surface area contributed by atoms with Gasteiger partial charge in [-0.25, -0.2) is 6.57 Å². The number of nitrogens with zero attached hydrogens (tertiary/aromatic N) is 1. The van der Waals surface area contributed by atoms with E-state index in [1.165, 1.54) is 18.4 Å². The lowest BCUT2D eigenvalue weighted by Crippen LogP contribution is -2.22. The van der Waals surface area contributed by atoms with Crippen LogP contribution in [0.15, 0.2) is 24.3 Å². The van der Waals surface area contributed by atoms with Gasteiger partial charge in [0.15, 0.2) is 0 Å². The van der Waals surface area contributed by atoms with E-state index in [9.17, 15) is 5.11 Å². The molecule has 1 aromatic carbocycles. The van der Waals surface area contributed by atoms with Gasteiger partial charge >= 0.3 is 0 Å². The van der Waals surface area contributed by atoms with Gasteiger partial charge < -0.3 is 14.7 Å². The van der Waals surface area contributed by atoms with Crippen LogP contribution >= 0.6 is 0 Å². The average molecular weight is 358 g/mol. The van der Waals surface area contributed by atoms with E-state index < -0.39 is 0 Å². The van der Waals surface area contributed by atoms with E-state index in [0.29, 0.717) is 18.4 Å². The lowest BCUT2D eigenvalue weighted by molar-refractivity contribution is 0.0918. The van der Waals surface area contributed by atoms with Crippen LogP contribution in [0.25, 0.3) is 4.85 Å². The summed E-state index contributed by atoms with van der Waals surface area (Å²) >= 11 is 0. The first kappa shape index (κ1) is 20.9. The summed E-state index contributed by atoms with van der Waals surface area (Å²) in [4.78, 5) is 3.86. The fraction of sp³-hybridized carbons (Fsp3) is 0.696. The van der Waals surface area contributed by atoms with Crippen LogP contribution < -0.4 is 0 Å². The molecule has 2 rings (SSSR count). The van der Waals surface area contributed by atoms with Crippen LogP contribution in [0, 0.1) is 12.5 Å². The lowest BCUT2D eigenvalue weighted by Gasteiger charge is -2.21. The predicted octanol–water partition coefficient (Wildman–Crippen LogP) is 5.90. The van der Waals surface area contributed by atoms with Crippen molar-refractivity contribution >= 4 is 0 Å². The molecule has 1 aliphatic carbocycles. The number of aliphatic hydroxyl groups is 1. The SMILES string of the molecule is [C-]#[N+]C1CCC(c2ccc(C(O)CCCCC)cc2)C1COCCCC. The van der Waals surface area contributed by atoms with E-state index in [2.05, 4.69) is 43.0 Å². The molecule has 26 heavy (non-hydrogen) atoms. The highest BCUT2D eigenvalue weighted by atomic mass is 16.5. The Morgan fingerprint density at radius 1 is 1.12 bits per heavy atom. The summed E-state index contributed by atoms with van der Waals surface area (Å²) in [7, 11) is 0. The fourth-order valence-corrected chi connectivity index (χ4v) is 4.03. The molecule has 0 aromatic heterocycles. The number of hydrogen-bond donors (Lipinski definition) is 1. The van der Waals surface area contributed by atoms with E-state index in [1.54, 1.807) is 0 Å². The highest BCUT2D eigenvalue weighted by Gasteiger charge is 2.41. The molecule has 0 spiro atoms. The molecule has 0 bridgehead atoms. The van der Waals surface area contributed by atoms with Crippen LogP contribution in [-0.2, 0) is 4.74 Å². The summed E-state index contributed by atoms with van der Waals surface area (Å²) in [5.74, 6) is 0.701. The van der Waals surface area contributed by atoms with Crippen LogP contribution in [0.4, 0.5) is 0 Å². The molecule has 0 saturated heterocycles. The zero-order chi connectivity index (χ0) is 18.8. The lowest BCUT2D eigenvalue weighted by atomic mass is 9.87. The maximum atomic E-state index is 10.3. The average Bonchev–Trinajstić information content (AvgIpc) is 3.08. The zero-order valence-corrected chi connectivity index (χ0v) is 16.5. The molecule has 1 N–H and O–H groups in total. The number of ether oxygens (including phenoxy) is 1. The van der Waals surface area contributed by atoms with Gasteiger partial charge in [0.25, 0.3) is 0 Å². The minimum absolute atomic E-state index is 0.0842. The van der Waals surface area contributed by atoms with E-state index in [1.807, 2.05) is 0 Å². The van der Waals surface area contributed by atoms with Crippen molar-refractivity contribution in [2.45, 2.75) is 83.3 Å². The molecule has 0 heterocycles. The van der Waals surface area contributed by atoms with Gasteiger partial charge in [-0.3, -0.25) is 0 Å². The molecule has 3 nitrogen and oxygen atoms in total. The molecule has 0 radical (unpaired) electrons. The first-order valence-corrected chi connectivity index (χ1v) is 10.4. The van der Waals surface area contributed by atoms with Crippen LogP contribution in [0.3, 0.4) is 0 Å². The summed E-state index contributed by atoms with van der Waals surface area (Å²) in [5.41, 5.74) is 2.31. The third kappa shape index (κ3) is 5.83. The number of rotatable bonds is 11. The van der Waals surface area contributed by atoms with Crippen LogP contribution in [0.2, 0.25) is 0 Å². The molecule has 0 amide bonds. The van der Waals surface area contributed by atoms with Crippen LogP contribution in [-0.4, -0.2) is 24.4 Å². The third-order valence-corrected chi connectivity index (χ3v) is 5.73. The molecule has 1 aromatic rings. The van der Waals surface area contributed by atoms with Crippen molar-refractivity contribution in [3.8, 4) is 0 Å². The van der Waals surface area contributed by atoms with Gasteiger partial charge in [0.2, 0.25) is 6.04 Å². The molecule has 1 aliphatic rings. The van der Waals surface area contributed by atoms with Gasteiger partial charge in [0.05, 0.1) is 18.6 Å². The van der Waals surface area contributed by atoms with E-state index in [0.717, 1.165) is 50.7 Å². The molecule has 4 atom stereocenters. The van der Waals surface area contributed by atoms with Crippen molar-refractivity contribution in [3.63, 3.8) is 0 Å². The smallest absolute Gasteiger partial charge is 0.229 e.